The summed E-state index contributed by atoms with van der Waals surface area (Å²) < 4.78 is 6.16. The molecule has 0 bridgehead atoms. The van der Waals surface area contributed by atoms with E-state index in [4.69, 9.17) is 27.2 Å². The molecule has 0 spiro atoms. The number of amides is 4. The van der Waals surface area contributed by atoms with Crippen molar-refractivity contribution in [2.45, 2.75) is 64.5 Å². The topological polar surface area (TPSA) is 154 Å². The van der Waals surface area contributed by atoms with Gasteiger partial charge in [0.1, 0.15) is 12.4 Å². The zero-order valence-electron chi connectivity index (χ0n) is 24.3. The molecule has 0 unspecified atom stereocenters. The van der Waals surface area contributed by atoms with E-state index in [1.165, 1.54) is 12.6 Å². The molecule has 12 heteroatoms. The van der Waals surface area contributed by atoms with Gasteiger partial charge in [0.05, 0.1) is 0 Å². The van der Waals surface area contributed by atoms with Crippen molar-refractivity contribution in [3.8, 4) is 5.75 Å². The first kappa shape index (κ1) is 32.5. The molecule has 1 heterocycles. The van der Waals surface area contributed by atoms with Crippen LogP contribution in [0.15, 0.2) is 42.5 Å². The first-order valence-electron chi connectivity index (χ1n) is 14.5. The third-order valence-electron chi connectivity index (χ3n) is 7.00. The van der Waals surface area contributed by atoms with Gasteiger partial charge in [-0.25, -0.2) is 9.59 Å². The van der Waals surface area contributed by atoms with Crippen molar-refractivity contribution in [1.82, 2.24) is 31.5 Å². The zero-order chi connectivity index (χ0) is 30.2. The summed E-state index contributed by atoms with van der Waals surface area (Å²) in [6.45, 7) is 2.56. The fourth-order valence-corrected chi connectivity index (χ4v) is 4.83. The maximum Gasteiger partial charge on any atom is 0.324 e. The number of unbranched alkanes of at least 4 members (excludes halogenated alkanes) is 5. The molecule has 0 aliphatic carbocycles. The lowest BCUT2D eigenvalue weighted by Crippen LogP contribution is -2.47. The predicted octanol–water partition coefficient (Wildman–Crippen LogP) is 4.70. The van der Waals surface area contributed by atoms with E-state index in [2.05, 4.69) is 38.7 Å². The second-order valence-corrected chi connectivity index (χ2v) is 10.6. The minimum absolute atomic E-state index is 0.00438. The number of nitrogens with one attached hydrogen (secondary N) is 7. The van der Waals surface area contributed by atoms with Crippen LogP contribution >= 0.6 is 11.6 Å². The van der Waals surface area contributed by atoms with Crippen molar-refractivity contribution in [2.24, 2.45) is 0 Å². The lowest BCUT2D eigenvalue weighted by Gasteiger charge is -2.23. The molecule has 11 nitrogen and oxygen atoms in total. The summed E-state index contributed by atoms with van der Waals surface area (Å²) in [5.74, 6) is 0.584. The number of carbonyl (C=O) groups excluding carboxylic acids is 2. The van der Waals surface area contributed by atoms with Crippen LogP contribution in [0.1, 0.15) is 61.6 Å². The van der Waals surface area contributed by atoms with Gasteiger partial charge in [0.25, 0.3) is 0 Å². The van der Waals surface area contributed by atoms with Gasteiger partial charge in [0, 0.05) is 43.8 Å². The van der Waals surface area contributed by atoms with Crippen LogP contribution in [0, 0.1) is 10.8 Å². The van der Waals surface area contributed by atoms with Crippen LogP contribution in [0.3, 0.4) is 0 Å². The number of aryl methyl sites for hydroxylation is 1. The molecule has 0 fully saturated rings. The number of hydrogen-bond acceptors (Lipinski definition) is 5. The summed E-state index contributed by atoms with van der Waals surface area (Å²) in [6.07, 6.45) is 7.53. The maximum absolute atomic E-state index is 13.1. The third kappa shape index (κ3) is 11.5. The number of carbonyl (C=O) groups is 2. The summed E-state index contributed by atoms with van der Waals surface area (Å²) in [6, 6.07) is 12.9. The molecule has 7 N–H and O–H groups in total. The number of ether oxygens (including phenoxy) is 1. The van der Waals surface area contributed by atoms with Crippen LogP contribution in [-0.2, 0) is 19.6 Å². The minimum Gasteiger partial charge on any atom is -0.488 e. The Morgan fingerprint density at radius 3 is 2.57 bits per heavy atom. The number of halogens is 1. The lowest BCUT2D eigenvalue weighted by atomic mass is 10.0. The second-order valence-electron chi connectivity index (χ2n) is 10.2. The van der Waals surface area contributed by atoms with Gasteiger partial charge in [-0.05, 0) is 48.9 Å². The van der Waals surface area contributed by atoms with Gasteiger partial charge in [0.2, 0.25) is 0 Å². The van der Waals surface area contributed by atoms with Crippen LogP contribution in [0.2, 0.25) is 5.02 Å². The largest absolute Gasteiger partial charge is 0.488 e. The van der Waals surface area contributed by atoms with Gasteiger partial charge >= 0.3 is 12.1 Å². The molecule has 42 heavy (non-hydrogen) atoms. The Hall–Kier alpha value is -3.99. The molecule has 4 amide bonds. The maximum atomic E-state index is 13.1. The van der Waals surface area contributed by atoms with Crippen LogP contribution in [0.4, 0.5) is 9.59 Å². The van der Waals surface area contributed by atoms with Gasteiger partial charge < -0.3 is 25.6 Å². The highest BCUT2D eigenvalue weighted by Crippen LogP contribution is 2.25. The Morgan fingerprint density at radius 2 is 1.79 bits per heavy atom. The van der Waals surface area contributed by atoms with E-state index in [-0.39, 0.29) is 18.0 Å². The van der Waals surface area contributed by atoms with E-state index in [1.54, 1.807) is 17.0 Å². The Labute approximate surface area is 253 Å². The van der Waals surface area contributed by atoms with Gasteiger partial charge in [0.15, 0.2) is 11.9 Å². The number of rotatable bonds is 9. The number of hydrogen-bond donors (Lipinski definition) is 7. The van der Waals surface area contributed by atoms with E-state index in [1.807, 2.05) is 18.2 Å². The molecule has 1 aliphatic heterocycles. The van der Waals surface area contributed by atoms with E-state index >= 15 is 0 Å². The smallest absolute Gasteiger partial charge is 0.324 e. The van der Waals surface area contributed by atoms with Gasteiger partial charge in [-0.1, -0.05) is 67.6 Å². The molecule has 228 valence electrons. The van der Waals surface area contributed by atoms with Crippen molar-refractivity contribution in [3.05, 3.63) is 64.2 Å². The van der Waals surface area contributed by atoms with Crippen molar-refractivity contribution >= 4 is 35.6 Å². The Morgan fingerprint density at radius 1 is 1.05 bits per heavy atom. The molecule has 0 radical (unpaired) electrons. The van der Waals surface area contributed by atoms with Crippen LogP contribution in [-0.4, -0.2) is 55.6 Å². The van der Waals surface area contributed by atoms with Crippen LogP contribution < -0.4 is 31.3 Å². The number of benzene rings is 2. The highest BCUT2D eigenvalue weighted by atomic mass is 35.5. The van der Waals surface area contributed by atoms with Gasteiger partial charge in [-0.2, -0.15) is 0 Å². The quantitative estimate of drug-likeness (QED) is 0.127. The lowest BCUT2D eigenvalue weighted by molar-refractivity contribution is 0.200. The number of fused-ring (bicyclic) bond motifs is 2. The normalized spacial score (nSPS) is 14.1. The molecule has 0 saturated carbocycles. The third-order valence-corrected chi connectivity index (χ3v) is 7.24. The molecule has 3 rings (SSSR count). The summed E-state index contributed by atoms with van der Waals surface area (Å²) >= 11 is 6.23. The Balaban J connectivity index is 1.49. The molecule has 1 aliphatic rings. The predicted molar refractivity (Wildman–Crippen MR) is 166 cm³/mol. The SMILES string of the molecule is CNC(=O)NC(=N)NCCCCCCCCN1CCCc2ccccc2COc2cc(Cl)ccc2CNC(=N)NC1=O. The van der Waals surface area contributed by atoms with Crippen molar-refractivity contribution < 1.29 is 14.3 Å². The number of nitrogens with zero attached hydrogens (tertiary/aromatic N) is 1. The zero-order valence-corrected chi connectivity index (χ0v) is 25.0. The van der Waals surface area contributed by atoms with E-state index in [0.29, 0.717) is 43.6 Å². The average molecular weight is 599 g/mol. The summed E-state index contributed by atoms with van der Waals surface area (Å²) in [5.41, 5.74) is 3.14. The first-order valence-corrected chi connectivity index (χ1v) is 14.9. The summed E-state index contributed by atoms with van der Waals surface area (Å²) in [7, 11) is 1.51. The van der Waals surface area contributed by atoms with Crippen molar-refractivity contribution in [1.29, 1.82) is 10.8 Å². The van der Waals surface area contributed by atoms with E-state index < -0.39 is 6.03 Å². The minimum atomic E-state index is -0.413. The number of urea groups is 2. The Bertz CT molecular complexity index is 1210. The molecule has 2 aromatic rings. The average Bonchev–Trinajstić information content (AvgIpc) is 2.97. The molecule has 2 aromatic carbocycles. The first-order chi connectivity index (χ1) is 20.4. The highest BCUT2D eigenvalue weighted by Gasteiger charge is 2.16. The fourth-order valence-electron chi connectivity index (χ4n) is 4.66. The molecule has 0 saturated heterocycles. The van der Waals surface area contributed by atoms with Crippen molar-refractivity contribution in [3.63, 3.8) is 0 Å². The van der Waals surface area contributed by atoms with Crippen molar-refractivity contribution in [2.75, 3.05) is 26.7 Å². The Kier molecular flexibility index (Phi) is 13.7. The monoisotopic (exact) mass is 598 g/mol. The molecular formula is C30H43ClN8O3. The number of guanidine groups is 2. The van der Waals surface area contributed by atoms with E-state index in [0.717, 1.165) is 62.5 Å². The van der Waals surface area contributed by atoms with Crippen LogP contribution in [0.5, 0.6) is 5.75 Å². The van der Waals surface area contributed by atoms with Crippen LogP contribution in [0.25, 0.3) is 0 Å². The molecule has 0 atom stereocenters. The summed E-state index contributed by atoms with van der Waals surface area (Å²) in [4.78, 5) is 26.1. The molecular weight excluding hydrogens is 556 g/mol. The standard InChI is InChI=1S/C30H43ClN8O3/c1-34-29(40)37-27(32)35-16-8-4-2-3-5-9-17-39-18-10-13-22-11-6-7-12-24(22)21-42-26-19-25(31)15-14-23(26)20-36-28(33)38-30(39)41/h6-7,11-12,14-15,19H,2-5,8-10,13,16-18,20-21H2,1H3,(H3,33,36,38,41)(H4,32,34,35,37,40). The van der Waals surface area contributed by atoms with Gasteiger partial charge in [-0.15, -0.1) is 0 Å². The van der Waals surface area contributed by atoms with Gasteiger partial charge in [-0.3, -0.25) is 21.5 Å². The van der Waals surface area contributed by atoms with E-state index in [9.17, 15) is 9.59 Å². The molecule has 0 aromatic heterocycles. The second kappa shape index (κ2) is 17.7. The fraction of sp³-hybridized carbons (Fsp3) is 0.467. The summed E-state index contributed by atoms with van der Waals surface area (Å²) in [5, 5.41) is 29.9. The highest BCUT2D eigenvalue weighted by molar-refractivity contribution is 6.30.